The third-order valence-corrected chi connectivity index (χ3v) is 5.69. The number of nitrogens with two attached hydrogens (primary N) is 1. The molecule has 1 heterocycles. The monoisotopic (exact) mass is 322 g/mol. The van der Waals surface area contributed by atoms with Gasteiger partial charge in [-0.2, -0.15) is 17.5 Å². The largest absolute Gasteiger partial charge is 0.417 e. The van der Waals surface area contributed by atoms with Crippen LogP contribution in [0.2, 0.25) is 0 Å². The second-order valence-corrected chi connectivity index (χ2v) is 7.08. The average Bonchev–Trinajstić information content (AvgIpc) is 2.41. The van der Waals surface area contributed by atoms with Crippen LogP contribution in [-0.2, 0) is 16.2 Å². The molecule has 0 saturated carbocycles. The molecule has 0 aliphatic carbocycles. The number of rotatable bonds is 2. The van der Waals surface area contributed by atoms with Crippen molar-refractivity contribution in [3.05, 3.63) is 29.8 Å². The van der Waals surface area contributed by atoms with Gasteiger partial charge >= 0.3 is 6.18 Å². The Balaban J connectivity index is 2.50. The molecule has 1 fully saturated rings. The van der Waals surface area contributed by atoms with Crippen molar-refractivity contribution < 1.29 is 21.6 Å². The lowest BCUT2D eigenvalue weighted by molar-refractivity contribution is -0.139. The highest BCUT2D eigenvalue weighted by atomic mass is 32.2. The van der Waals surface area contributed by atoms with Crippen LogP contribution in [0.15, 0.2) is 29.2 Å². The highest BCUT2D eigenvalue weighted by molar-refractivity contribution is 7.89. The summed E-state index contributed by atoms with van der Waals surface area (Å²) in [6, 6.07) is 4.19. The van der Waals surface area contributed by atoms with Crippen molar-refractivity contribution in [1.29, 1.82) is 0 Å². The third kappa shape index (κ3) is 3.07. The van der Waals surface area contributed by atoms with Crippen LogP contribution in [-0.4, -0.2) is 25.4 Å². The van der Waals surface area contributed by atoms with Crippen molar-refractivity contribution in [2.75, 3.05) is 6.54 Å². The van der Waals surface area contributed by atoms with Gasteiger partial charge in [0.2, 0.25) is 10.0 Å². The number of hydrogen-bond acceptors (Lipinski definition) is 3. The number of halogens is 3. The van der Waals surface area contributed by atoms with E-state index in [9.17, 15) is 21.6 Å². The predicted octanol–water partition coefficient (Wildman–Crippen LogP) is 2.41. The fraction of sp³-hybridized carbons (Fsp3) is 0.538. The fourth-order valence-corrected chi connectivity index (χ4v) is 4.37. The van der Waals surface area contributed by atoms with E-state index in [0.29, 0.717) is 6.42 Å². The molecule has 2 unspecified atom stereocenters. The van der Waals surface area contributed by atoms with Crippen molar-refractivity contribution in [2.45, 2.75) is 37.0 Å². The van der Waals surface area contributed by atoms with E-state index < -0.39 is 32.8 Å². The molecule has 0 radical (unpaired) electrons. The standard InChI is InChI=1S/C13H17F3N2O2S/c1-9-5-4-8-18(12(9)17)21(19,20)11-7-3-2-6-10(11)13(14,15)16/h2-3,6-7,9,12H,4-5,8,17H2,1H3. The molecule has 118 valence electrons. The Morgan fingerprint density at radius 2 is 1.90 bits per heavy atom. The molecule has 1 aromatic carbocycles. The molecule has 8 heteroatoms. The van der Waals surface area contributed by atoms with Gasteiger partial charge < -0.3 is 5.73 Å². The zero-order valence-electron chi connectivity index (χ0n) is 11.5. The Labute approximate surface area is 121 Å². The normalized spacial score (nSPS) is 25.0. The third-order valence-electron chi connectivity index (χ3n) is 3.73. The summed E-state index contributed by atoms with van der Waals surface area (Å²) in [4.78, 5) is -0.734. The van der Waals surface area contributed by atoms with E-state index in [1.165, 1.54) is 12.1 Å². The van der Waals surface area contributed by atoms with Gasteiger partial charge in [-0.3, -0.25) is 0 Å². The Bertz CT molecular complexity index is 616. The van der Waals surface area contributed by atoms with Gasteiger partial charge in [-0.1, -0.05) is 19.1 Å². The summed E-state index contributed by atoms with van der Waals surface area (Å²) in [6.07, 6.45) is -4.18. The second kappa shape index (κ2) is 5.58. The molecule has 1 saturated heterocycles. The molecule has 0 amide bonds. The van der Waals surface area contributed by atoms with E-state index in [4.69, 9.17) is 5.73 Å². The highest BCUT2D eigenvalue weighted by Crippen LogP contribution is 2.36. The zero-order chi connectivity index (χ0) is 15.8. The topological polar surface area (TPSA) is 63.4 Å². The first-order chi connectivity index (χ1) is 9.65. The summed E-state index contributed by atoms with van der Waals surface area (Å²) in [7, 11) is -4.27. The summed E-state index contributed by atoms with van der Waals surface area (Å²) in [5.74, 6) is -0.0911. The molecule has 1 aliphatic heterocycles. The van der Waals surface area contributed by atoms with Crippen LogP contribution in [0.1, 0.15) is 25.3 Å². The van der Waals surface area contributed by atoms with E-state index in [2.05, 4.69) is 0 Å². The maximum atomic E-state index is 13.0. The minimum atomic E-state index is -4.73. The molecule has 1 aliphatic rings. The first-order valence-electron chi connectivity index (χ1n) is 6.59. The maximum Gasteiger partial charge on any atom is 0.417 e. The van der Waals surface area contributed by atoms with Crippen molar-refractivity contribution >= 4 is 10.0 Å². The Morgan fingerprint density at radius 3 is 2.52 bits per heavy atom. The molecule has 1 aromatic rings. The first kappa shape index (κ1) is 16.3. The molecule has 2 atom stereocenters. The van der Waals surface area contributed by atoms with Crippen LogP contribution in [0, 0.1) is 5.92 Å². The van der Waals surface area contributed by atoms with E-state index in [1.807, 2.05) is 0 Å². The van der Waals surface area contributed by atoms with Crippen LogP contribution in [0.25, 0.3) is 0 Å². The van der Waals surface area contributed by atoms with Crippen molar-refractivity contribution in [3.8, 4) is 0 Å². The second-order valence-electron chi connectivity index (χ2n) is 5.22. The van der Waals surface area contributed by atoms with Gasteiger partial charge in [0.1, 0.15) is 0 Å². The summed E-state index contributed by atoms with van der Waals surface area (Å²) in [5.41, 5.74) is 4.71. The number of piperidine rings is 1. The van der Waals surface area contributed by atoms with Crippen molar-refractivity contribution in [1.82, 2.24) is 4.31 Å². The van der Waals surface area contributed by atoms with Gasteiger partial charge in [0.25, 0.3) is 0 Å². The van der Waals surface area contributed by atoms with Crippen LogP contribution in [0.4, 0.5) is 13.2 Å². The van der Waals surface area contributed by atoms with Gasteiger partial charge in [0.05, 0.1) is 16.6 Å². The van der Waals surface area contributed by atoms with Crippen molar-refractivity contribution in [3.63, 3.8) is 0 Å². The molecule has 0 aromatic heterocycles. The summed E-state index contributed by atoms with van der Waals surface area (Å²) < 4.78 is 65.1. The molecule has 4 nitrogen and oxygen atoms in total. The van der Waals surface area contributed by atoms with Gasteiger partial charge in [-0.15, -0.1) is 0 Å². The molecular formula is C13H17F3N2O2S. The minimum Gasteiger partial charge on any atom is -0.315 e. The summed E-state index contributed by atoms with van der Waals surface area (Å²) >= 11 is 0. The van der Waals surface area contributed by atoms with Crippen LogP contribution < -0.4 is 5.73 Å². The molecular weight excluding hydrogens is 305 g/mol. The van der Waals surface area contributed by atoms with Gasteiger partial charge in [-0.05, 0) is 30.9 Å². The van der Waals surface area contributed by atoms with E-state index in [1.54, 1.807) is 6.92 Å². The molecule has 2 rings (SSSR count). The van der Waals surface area contributed by atoms with E-state index >= 15 is 0 Å². The van der Waals surface area contributed by atoms with E-state index in [0.717, 1.165) is 22.9 Å². The lowest BCUT2D eigenvalue weighted by atomic mass is 9.99. The van der Waals surface area contributed by atoms with Gasteiger partial charge in [0.15, 0.2) is 0 Å². The molecule has 0 spiro atoms. The fourth-order valence-electron chi connectivity index (χ4n) is 2.51. The number of benzene rings is 1. The van der Waals surface area contributed by atoms with E-state index in [-0.39, 0.29) is 12.5 Å². The van der Waals surface area contributed by atoms with Crippen LogP contribution in [0.5, 0.6) is 0 Å². The Kier molecular flexibility index (Phi) is 4.32. The quantitative estimate of drug-likeness (QED) is 0.909. The maximum absolute atomic E-state index is 13.0. The lowest BCUT2D eigenvalue weighted by Crippen LogP contribution is -2.52. The SMILES string of the molecule is CC1CCCN(S(=O)(=O)c2ccccc2C(F)(F)F)C1N. The average molecular weight is 322 g/mol. The highest BCUT2D eigenvalue weighted by Gasteiger charge is 2.41. The smallest absolute Gasteiger partial charge is 0.315 e. The lowest BCUT2D eigenvalue weighted by Gasteiger charge is -2.36. The van der Waals surface area contributed by atoms with Crippen molar-refractivity contribution in [2.24, 2.45) is 11.7 Å². The molecule has 21 heavy (non-hydrogen) atoms. The summed E-state index contributed by atoms with van der Waals surface area (Å²) in [5, 5.41) is 0. The summed E-state index contributed by atoms with van der Waals surface area (Å²) in [6.45, 7) is 1.93. The Morgan fingerprint density at radius 1 is 1.29 bits per heavy atom. The van der Waals surface area contributed by atoms with Gasteiger partial charge in [-0.25, -0.2) is 8.42 Å². The number of alkyl halides is 3. The number of hydrogen-bond donors (Lipinski definition) is 1. The van der Waals surface area contributed by atoms with Crippen LogP contribution >= 0.6 is 0 Å². The zero-order valence-corrected chi connectivity index (χ0v) is 12.3. The van der Waals surface area contributed by atoms with Crippen LogP contribution in [0.3, 0.4) is 0 Å². The Hall–Kier alpha value is -1.12. The predicted molar refractivity (Wildman–Crippen MR) is 71.7 cm³/mol. The number of nitrogens with zero attached hydrogens (tertiary/aromatic N) is 1. The molecule has 2 N–H and O–H groups in total. The van der Waals surface area contributed by atoms with Gasteiger partial charge in [0, 0.05) is 6.54 Å². The minimum absolute atomic E-state index is 0.0911. The number of sulfonamides is 1. The molecule has 0 bridgehead atoms. The first-order valence-corrected chi connectivity index (χ1v) is 8.03.